The molecule has 0 heterocycles. The van der Waals surface area contributed by atoms with Crippen molar-refractivity contribution in [3.05, 3.63) is 29.8 Å². The first-order valence-electron chi connectivity index (χ1n) is 5.02. The first kappa shape index (κ1) is 11.6. The van der Waals surface area contributed by atoms with Crippen LogP contribution in [0.4, 0.5) is 5.69 Å². The Morgan fingerprint density at radius 3 is 2.60 bits per heavy atom. The molecule has 0 spiro atoms. The van der Waals surface area contributed by atoms with Crippen molar-refractivity contribution in [3.63, 3.8) is 0 Å². The van der Waals surface area contributed by atoms with Crippen LogP contribution in [0.15, 0.2) is 24.3 Å². The van der Waals surface area contributed by atoms with E-state index in [1.165, 1.54) is 0 Å². The lowest BCUT2D eigenvalue weighted by atomic mass is 9.95. The maximum absolute atomic E-state index is 11.6. The maximum atomic E-state index is 11.6. The topological polar surface area (TPSA) is 55.1 Å². The first-order valence-corrected chi connectivity index (χ1v) is 5.02. The van der Waals surface area contributed by atoms with Crippen LogP contribution in [-0.2, 0) is 11.3 Å². The van der Waals surface area contributed by atoms with E-state index < -0.39 is 0 Å². The molecule has 0 unspecified atom stereocenters. The molecule has 3 N–H and O–H groups in total. The van der Waals surface area contributed by atoms with Crippen molar-refractivity contribution in [2.24, 2.45) is 5.41 Å². The summed E-state index contributed by atoms with van der Waals surface area (Å²) in [6, 6.07) is 7.52. The summed E-state index contributed by atoms with van der Waals surface area (Å²) in [6.45, 7) is 6.20. The van der Waals surface area contributed by atoms with E-state index in [9.17, 15) is 4.79 Å². The van der Waals surface area contributed by atoms with Gasteiger partial charge in [-0.05, 0) is 17.7 Å². The zero-order valence-electron chi connectivity index (χ0n) is 9.50. The lowest BCUT2D eigenvalue weighted by molar-refractivity contribution is -0.128. The minimum absolute atomic E-state index is 0.0462. The Balaban J connectivity index is 2.55. The summed E-state index contributed by atoms with van der Waals surface area (Å²) in [5.41, 5.74) is 7.03. The smallest absolute Gasteiger partial charge is 0.225 e. The zero-order valence-corrected chi connectivity index (χ0v) is 9.50. The standard InChI is InChI=1S/C12H18N2O/c1-12(2,3)11(15)14-8-9-5-4-6-10(13)7-9/h4-7H,8,13H2,1-3H3,(H,14,15). The number of carbonyl (C=O) groups is 1. The van der Waals surface area contributed by atoms with Crippen LogP contribution in [0, 0.1) is 5.41 Å². The Bertz CT molecular complexity index is 353. The number of anilines is 1. The van der Waals surface area contributed by atoms with Gasteiger partial charge in [0.1, 0.15) is 0 Å². The Morgan fingerprint density at radius 2 is 2.07 bits per heavy atom. The van der Waals surface area contributed by atoms with Crippen LogP contribution in [0.3, 0.4) is 0 Å². The van der Waals surface area contributed by atoms with Crippen LogP contribution in [-0.4, -0.2) is 5.91 Å². The van der Waals surface area contributed by atoms with Gasteiger partial charge >= 0.3 is 0 Å². The molecule has 1 rings (SSSR count). The molecule has 3 heteroatoms. The number of amides is 1. The predicted molar refractivity (Wildman–Crippen MR) is 62.2 cm³/mol. The van der Waals surface area contributed by atoms with Gasteiger partial charge in [0.25, 0.3) is 0 Å². The molecular formula is C12H18N2O. The molecule has 0 aliphatic rings. The van der Waals surface area contributed by atoms with Crippen molar-refractivity contribution < 1.29 is 4.79 Å². The highest BCUT2D eigenvalue weighted by Crippen LogP contribution is 2.13. The van der Waals surface area contributed by atoms with Gasteiger partial charge in [0.2, 0.25) is 5.91 Å². The van der Waals surface area contributed by atoms with E-state index in [2.05, 4.69) is 5.32 Å². The summed E-state index contributed by atoms with van der Waals surface area (Å²) in [6.07, 6.45) is 0. The van der Waals surface area contributed by atoms with Gasteiger partial charge in [0.15, 0.2) is 0 Å². The molecule has 0 bridgehead atoms. The molecule has 0 radical (unpaired) electrons. The summed E-state index contributed by atoms with van der Waals surface area (Å²) >= 11 is 0. The summed E-state index contributed by atoms with van der Waals surface area (Å²) in [5.74, 6) is 0.0462. The summed E-state index contributed by atoms with van der Waals surface area (Å²) in [5, 5.41) is 2.87. The molecule has 0 saturated heterocycles. The number of nitrogens with two attached hydrogens (primary N) is 1. The fraction of sp³-hybridized carbons (Fsp3) is 0.417. The molecule has 1 aromatic rings. The van der Waals surface area contributed by atoms with Crippen molar-refractivity contribution in [2.75, 3.05) is 5.73 Å². The second-order valence-corrected chi connectivity index (χ2v) is 4.68. The van der Waals surface area contributed by atoms with E-state index >= 15 is 0 Å². The number of hydrogen-bond acceptors (Lipinski definition) is 2. The van der Waals surface area contributed by atoms with Gasteiger partial charge in [-0.25, -0.2) is 0 Å². The van der Waals surface area contributed by atoms with Gasteiger partial charge in [0, 0.05) is 17.6 Å². The average molecular weight is 206 g/mol. The monoisotopic (exact) mass is 206 g/mol. The lowest BCUT2D eigenvalue weighted by Gasteiger charge is -2.17. The van der Waals surface area contributed by atoms with Crippen LogP contribution in [0.25, 0.3) is 0 Å². The number of benzene rings is 1. The second-order valence-electron chi connectivity index (χ2n) is 4.68. The molecule has 1 aromatic carbocycles. The lowest BCUT2D eigenvalue weighted by Crippen LogP contribution is -2.34. The molecule has 0 aliphatic carbocycles. The first-order chi connectivity index (χ1) is 6.89. The van der Waals surface area contributed by atoms with Crippen molar-refractivity contribution in [1.29, 1.82) is 0 Å². The summed E-state index contributed by atoms with van der Waals surface area (Å²) < 4.78 is 0. The number of hydrogen-bond donors (Lipinski definition) is 2. The fourth-order valence-corrected chi connectivity index (χ4v) is 1.15. The minimum Gasteiger partial charge on any atom is -0.399 e. The Kier molecular flexibility index (Phi) is 3.35. The highest BCUT2D eigenvalue weighted by atomic mass is 16.2. The number of nitrogens with one attached hydrogen (secondary N) is 1. The average Bonchev–Trinajstić information content (AvgIpc) is 2.12. The Hall–Kier alpha value is -1.51. The van der Waals surface area contributed by atoms with E-state index in [1.54, 1.807) is 0 Å². The van der Waals surface area contributed by atoms with Crippen LogP contribution in [0.1, 0.15) is 26.3 Å². The number of carbonyl (C=O) groups excluding carboxylic acids is 1. The number of nitrogen functional groups attached to an aromatic ring is 1. The van der Waals surface area contributed by atoms with Crippen molar-refractivity contribution in [1.82, 2.24) is 5.32 Å². The van der Waals surface area contributed by atoms with Crippen molar-refractivity contribution in [3.8, 4) is 0 Å². The third-order valence-corrected chi connectivity index (χ3v) is 2.09. The van der Waals surface area contributed by atoms with Crippen LogP contribution < -0.4 is 11.1 Å². The molecule has 0 aliphatic heterocycles. The van der Waals surface area contributed by atoms with Crippen molar-refractivity contribution in [2.45, 2.75) is 27.3 Å². The Morgan fingerprint density at radius 1 is 1.40 bits per heavy atom. The van der Waals surface area contributed by atoms with Gasteiger partial charge in [0.05, 0.1) is 0 Å². The van der Waals surface area contributed by atoms with Crippen LogP contribution >= 0.6 is 0 Å². The van der Waals surface area contributed by atoms with Gasteiger partial charge < -0.3 is 11.1 Å². The predicted octanol–water partition coefficient (Wildman–Crippen LogP) is 1.93. The molecule has 15 heavy (non-hydrogen) atoms. The maximum Gasteiger partial charge on any atom is 0.225 e. The van der Waals surface area contributed by atoms with Crippen LogP contribution in [0.5, 0.6) is 0 Å². The fourth-order valence-electron chi connectivity index (χ4n) is 1.15. The molecule has 0 saturated carbocycles. The third kappa shape index (κ3) is 3.62. The molecular weight excluding hydrogens is 188 g/mol. The summed E-state index contributed by atoms with van der Waals surface area (Å²) in [7, 11) is 0. The Labute approximate surface area is 90.7 Å². The highest BCUT2D eigenvalue weighted by Gasteiger charge is 2.20. The normalized spacial score (nSPS) is 11.1. The second kappa shape index (κ2) is 4.34. The highest BCUT2D eigenvalue weighted by molar-refractivity contribution is 5.81. The largest absolute Gasteiger partial charge is 0.399 e. The van der Waals surface area contributed by atoms with E-state index in [1.807, 2.05) is 45.0 Å². The van der Waals surface area contributed by atoms with E-state index in [0.29, 0.717) is 6.54 Å². The van der Waals surface area contributed by atoms with Gasteiger partial charge in [-0.15, -0.1) is 0 Å². The third-order valence-electron chi connectivity index (χ3n) is 2.09. The molecule has 0 fully saturated rings. The van der Waals surface area contributed by atoms with Crippen molar-refractivity contribution >= 4 is 11.6 Å². The quantitative estimate of drug-likeness (QED) is 0.726. The molecule has 0 aromatic heterocycles. The summed E-state index contributed by atoms with van der Waals surface area (Å²) in [4.78, 5) is 11.6. The van der Waals surface area contributed by atoms with E-state index in [0.717, 1.165) is 11.3 Å². The molecule has 1 amide bonds. The van der Waals surface area contributed by atoms with E-state index in [-0.39, 0.29) is 11.3 Å². The molecule has 0 atom stereocenters. The van der Waals surface area contributed by atoms with E-state index in [4.69, 9.17) is 5.73 Å². The molecule has 82 valence electrons. The molecule has 3 nitrogen and oxygen atoms in total. The minimum atomic E-state index is -0.347. The van der Waals surface area contributed by atoms with Gasteiger partial charge in [-0.2, -0.15) is 0 Å². The SMILES string of the molecule is CC(C)(C)C(=O)NCc1cccc(N)c1. The van der Waals surface area contributed by atoms with Gasteiger partial charge in [-0.3, -0.25) is 4.79 Å². The number of rotatable bonds is 2. The zero-order chi connectivity index (χ0) is 11.5. The van der Waals surface area contributed by atoms with Crippen LogP contribution in [0.2, 0.25) is 0 Å². The van der Waals surface area contributed by atoms with Gasteiger partial charge in [-0.1, -0.05) is 32.9 Å².